The van der Waals surface area contributed by atoms with Crippen LogP contribution in [0.25, 0.3) is 0 Å². The summed E-state index contributed by atoms with van der Waals surface area (Å²) in [7, 11) is 0. The van der Waals surface area contributed by atoms with Gasteiger partial charge in [-0.15, -0.1) is 0 Å². The smallest absolute Gasteiger partial charge is 0.125 e. The second kappa shape index (κ2) is 8.53. The van der Waals surface area contributed by atoms with Crippen molar-refractivity contribution in [3.8, 4) is 0 Å². The van der Waals surface area contributed by atoms with Crippen molar-refractivity contribution in [2.75, 3.05) is 0 Å². The summed E-state index contributed by atoms with van der Waals surface area (Å²) < 4.78 is 0. The van der Waals surface area contributed by atoms with Gasteiger partial charge in [0.05, 0.1) is 12.2 Å². The first-order valence-electron chi connectivity index (χ1n) is 7.41. The third kappa shape index (κ3) is 9.21. The number of hydrogen-bond donors (Lipinski definition) is 2. The molecule has 0 rings (SSSR count). The Labute approximate surface area is 122 Å². The van der Waals surface area contributed by atoms with E-state index in [0.717, 1.165) is 12.6 Å². The second-order valence-corrected chi connectivity index (χ2v) is 7.18. The Hall–Kier alpha value is -0.740. The maximum Gasteiger partial charge on any atom is 0.125 e. The van der Waals surface area contributed by atoms with Crippen molar-refractivity contribution >= 4 is 12.6 Å². The lowest BCUT2D eigenvalue weighted by molar-refractivity contribution is -0.116. The van der Waals surface area contributed by atoms with Gasteiger partial charge in [0.2, 0.25) is 0 Å². The molecule has 20 heavy (non-hydrogen) atoms. The Morgan fingerprint density at radius 3 is 1.30 bits per heavy atom. The molecule has 0 aromatic carbocycles. The average molecular weight is 286 g/mol. The topological polar surface area (TPSA) is 74.6 Å². The molecule has 0 aromatic heterocycles. The molecular weight excluding hydrogens is 256 g/mol. The lowest BCUT2D eigenvalue weighted by Gasteiger charge is -2.21. The molecule has 0 saturated carbocycles. The van der Waals surface area contributed by atoms with Crippen LogP contribution in [0, 0.1) is 10.8 Å². The molecule has 0 saturated heterocycles. The molecule has 0 radical (unpaired) electrons. The normalized spacial score (nSPS) is 15.7. The predicted molar refractivity (Wildman–Crippen MR) is 79.4 cm³/mol. The van der Waals surface area contributed by atoms with Gasteiger partial charge >= 0.3 is 0 Å². The van der Waals surface area contributed by atoms with Crippen LogP contribution in [0.2, 0.25) is 0 Å². The predicted octanol–water partition coefficient (Wildman–Crippen LogP) is 2.50. The van der Waals surface area contributed by atoms with Crippen molar-refractivity contribution in [2.45, 2.75) is 78.4 Å². The van der Waals surface area contributed by atoms with Gasteiger partial charge in [-0.05, 0) is 38.5 Å². The maximum absolute atomic E-state index is 10.8. The van der Waals surface area contributed by atoms with Crippen LogP contribution >= 0.6 is 0 Å². The van der Waals surface area contributed by atoms with Crippen molar-refractivity contribution in [1.29, 1.82) is 0 Å². The zero-order valence-electron chi connectivity index (χ0n) is 13.3. The zero-order valence-corrected chi connectivity index (χ0v) is 13.3. The summed E-state index contributed by atoms with van der Waals surface area (Å²) in [6.07, 6.45) is 4.33. The molecule has 4 heteroatoms. The molecule has 0 aliphatic heterocycles. The van der Waals surface area contributed by atoms with Crippen LogP contribution in [0.4, 0.5) is 0 Å². The van der Waals surface area contributed by atoms with Gasteiger partial charge in [-0.1, -0.05) is 27.7 Å². The maximum atomic E-state index is 10.8. The molecule has 0 fully saturated rings. The van der Waals surface area contributed by atoms with E-state index in [1.165, 1.54) is 0 Å². The van der Waals surface area contributed by atoms with Gasteiger partial charge in [-0.3, -0.25) is 0 Å². The van der Waals surface area contributed by atoms with Crippen LogP contribution in [0.1, 0.15) is 66.2 Å². The van der Waals surface area contributed by atoms with Crippen LogP contribution in [-0.2, 0) is 9.59 Å². The van der Waals surface area contributed by atoms with Crippen molar-refractivity contribution in [3.05, 3.63) is 0 Å². The molecule has 0 spiro atoms. The van der Waals surface area contributed by atoms with Crippen LogP contribution in [0.3, 0.4) is 0 Å². The van der Waals surface area contributed by atoms with Gasteiger partial charge in [0.25, 0.3) is 0 Å². The lowest BCUT2D eigenvalue weighted by atomic mass is 9.86. The van der Waals surface area contributed by atoms with Crippen molar-refractivity contribution in [3.63, 3.8) is 0 Å². The second-order valence-electron chi connectivity index (χ2n) is 7.18. The molecule has 2 N–H and O–H groups in total. The minimum absolute atomic E-state index is 0.395. The quantitative estimate of drug-likeness (QED) is 0.572. The molecule has 0 aliphatic rings. The van der Waals surface area contributed by atoms with E-state index >= 15 is 0 Å². The van der Waals surface area contributed by atoms with E-state index in [9.17, 15) is 19.8 Å². The molecule has 0 heterocycles. The molecular formula is C16H30O4. The molecule has 2 unspecified atom stereocenters. The third-order valence-electron chi connectivity index (χ3n) is 3.71. The highest BCUT2D eigenvalue weighted by Gasteiger charge is 2.20. The number of carbonyl (C=O) groups is 2. The van der Waals surface area contributed by atoms with E-state index in [-0.39, 0.29) is 0 Å². The van der Waals surface area contributed by atoms with E-state index in [1.807, 2.05) is 27.7 Å². The Balaban J connectivity index is 3.86. The van der Waals surface area contributed by atoms with Gasteiger partial charge < -0.3 is 19.8 Å². The van der Waals surface area contributed by atoms with Gasteiger partial charge in [0.1, 0.15) is 12.6 Å². The first kappa shape index (κ1) is 19.3. The fourth-order valence-corrected chi connectivity index (χ4v) is 1.87. The zero-order chi connectivity index (χ0) is 15.8. The number of aliphatic hydroxyl groups is 2. The van der Waals surface area contributed by atoms with Crippen LogP contribution in [0.5, 0.6) is 0 Å². The minimum atomic E-state index is -0.483. The summed E-state index contributed by atoms with van der Waals surface area (Å²) in [6, 6.07) is 0. The Morgan fingerprint density at radius 1 is 0.750 bits per heavy atom. The summed E-state index contributed by atoms with van der Waals surface area (Å²) >= 11 is 0. The fourth-order valence-electron chi connectivity index (χ4n) is 1.87. The van der Waals surface area contributed by atoms with Crippen LogP contribution < -0.4 is 0 Å². The highest BCUT2D eigenvalue weighted by atomic mass is 16.3. The molecule has 0 amide bonds. The summed E-state index contributed by atoms with van der Waals surface area (Å²) in [5, 5.41) is 19.7. The molecule has 0 aliphatic carbocycles. The average Bonchev–Trinajstić information content (AvgIpc) is 2.40. The molecule has 0 aromatic rings. The summed E-state index contributed by atoms with van der Waals surface area (Å²) in [6.45, 7) is 7.40. The van der Waals surface area contributed by atoms with Gasteiger partial charge in [-0.2, -0.15) is 0 Å². The number of aliphatic hydroxyl groups excluding tert-OH is 2. The number of carbonyl (C=O) groups excluding carboxylic acids is 2. The highest BCUT2D eigenvalue weighted by molar-refractivity contribution is 5.58. The SMILES string of the molecule is CC(C)(C=O)CCC(O)CCC(O)CCC(C)(C)C=O. The van der Waals surface area contributed by atoms with Crippen molar-refractivity contribution in [2.24, 2.45) is 10.8 Å². The van der Waals surface area contributed by atoms with Gasteiger partial charge in [0, 0.05) is 10.8 Å². The third-order valence-corrected chi connectivity index (χ3v) is 3.71. The Kier molecular flexibility index (Phi) is 8.21. The Morgan fingerprint density at radius 2 is 1.05 bits per heavy atom. The number of rotatable bonds is 11. The first-order valence-corrected chi connectivity index (χ1v) is 7.41. The van der Waals surface area contributed by atoms with Gasteiger partial charge in [0.15, 0.2) is 0 Å². The number of hydrogen-bond acceptors (Lipinski definition) is 4. The standard InChI is InChI=1S/C16H30O4/c1-15(2,11-17)9-7-13(19)5-6-14(20)8-10-16(3,4)12-18/h11-14,19-20H,5-10H2,1-4H3. The van der Waals surface area contributed by atoms with E-state index < -0.39 is 23.0 Å². The summed E-state index contributed by atoms with van der Waals surface area (Å²) in [5.41, 5.74) is -0.791. The molecule has 2 atom stereocenters. The first-order chi connectivity index (χ1) is 9.12. The van der Waals surface area contributed by atoms with E-state index in [4.69, 9.17) is 0 Å². The highest BCUT2D eigenvalue weighted by Crippen LogP contribution is 2.23. The minimum Gasteiger partial charge on any atom is -0.393 e. The lowest BCUT2D eigenvalue weighted by Crippen LogP contribution is -2.20. The largest absolute Gasteiger partial charge is 0.393 e. The Bertz CT molecular complexity index is 267. The van der Waals surface area contributed by atoms with Crippen LogP contribution in [-0.4, -0.2) is 35.0 Å². The van der Waals surface area contributed by atoms with Crippen LogP contribution in [0.15, 0.2) is 0 Å². The van der Waals surface area contributed by atoms with E-state index in [1.54, 1.807) is 0 Å². The van der Waals surface area contributed by atoms with Crippen molar-refractivity contribution in [1.82, 2.24) is 0 Å². The van der Waals surface area contributed by atoms with E-state index in [2.05, 4.69) is 0 Å². The molecule has 118 valence electrons. The summed E-state index contributed by atoms with van der Waals surface area (Å²) in [4.78, 5) is 21.5. The van der Waals surface area contributed by atoms with E-state index in [0.29, 0.717) is 38.5 Å². The fraction of sp³-hybridized carbons (Fsp3) is 0.875. The van der Waals surface area contributed by atoms with Gasteiger partial charge in [-0.25, -0.2) is 0 Å². The molecule has 4 nitrogen and oxygen atoms in total. The number of aldehydes is 2. The molecule has 0 bridgehead atoms. The van der Waals surface area contributed by atoms with Crippen molar-refractivity contribution < 1.29 is 19.8 Å². The monoisotopic (exact) mass is 286 g/mol. The summed E-state index contributed by atoms with van der Waals surface area (Å²) in [5.74, 6) is 0.